The smallest absolute Gasteiger partial charge is 0.0767 e. The summed E-state index contributed by atoms with van der Waals surface area (Å²) in [5.74, 6) is 0. The van der Waals surface area contributed by atoms with E-state index in [1.54, 1.807) is 0 Å². The number of nitrogens with zero attached hydrogens (tertiary/aromatic N) is 2. The van der Waals surface area contributed by atoms with E-state index in [4.69, 9.17) is 11.6 Å². The molecule has 1 rings (SSSR count). The topological polar surface area (TPSA) is 29.9 Å². The van der Waals surface area contributed by atoms with E-state index in [2.05, 4.69) is 54.0 Å². The van der Waals surface area contributed by atoms with Crippen molar-refractivity contribution in [1.82, 2.24) is 15.1 Å². The first-order valence-electron chi connectivity index (χ1n) is 6.79. The quantitative estimate of drug-likeness (QED) is 0.789. The molecule has 3 nitrogen and oxygen atoms in total. The second-order valence-electron chi connectivity index (χ2n) is 6.18. The summed E-state index contributed by atoms with van der Waals surface area (Å²) >= 11 is 9.97. The lowest BCUT2D eigenvalue weighted by Gasteiger charge is -2.22. The molecule has 0 amide bonds. The van der Waals surface area contributed by atoms with Crippen LogP contribution in [0, 0.1) is 5.41 Å². The molecule has 1 unspecified atom stereocenters. The summed E-state index contributed by atoms with van der Waals surface area (Å²) in [5.41, 5.74) is 2.56. The van der Waals surface area contributed by atoms with Gasteiger partial charge in [0.25, 0.3) is 0 Å². The van der Waals surface area contributed by atoms with E-state index in [1.807, 2.05) is 11.7 Å². The van der Waals surface area contributed by atoms with Crippen molar-refractivity contribution in [2.75, 3.05) is 6.54 Å². The molecule has 0 aliphatic rings. The van der Waals surface area contributed by atoms with Crippen LogP contribution in [0.2, 0.25) is 0 Å². The van der Waals surface area contributed by atoms with Crippen LogP contribution >= 0.6 is 27.5 Å². The maximum absolute atomic E-state index is 6.35. The van der Waals surface area contributed by atoms with Gasteiger partial charge in [-0.1, -0.05) is 27.7 Å². The SMILES string of the molecule is CCc1nn(C)c(CNCC(Cl)CC(C)(C)C)c1Br. The van der Waals surface area contributed by atoms with Gasteiger partial charge in [0.1, 0.15) is 0 Å². The fraction of sp³-hybridized carbons (Fsp3) is 0.786. The highest BCUT2D eigenvalue weighted by Crippen LogP contribution is 2.24. The Morgan fingerprint density at radius 2 is 2.05 bits per heavy atom. The molecule has 19 heavy (non-hydrogen) atoms. The number of nitrogens with one attached hydrogen (secondary N) is 1. The zero-order valence-electron chi connectivity index (χ0n) is 12.6. The Hall–Kier alpha value is -0.0600. The summed E-state index contributed by atoms with van der Waals surface area (Å²) in [6, 6.07) is 0. The summed E-state index contributed by atoms with van der Waals surface area (Å²) in [4.78, 5) is 0. The summed E-state index contributed by atoms with van der Waals surface area (Å²) in [6.07, 6.45) is 1.95. The van der Waals surface area contributed by atoms with Gasteiger partial charge >= 0.3 is 0 Å². The largest absolute Gasteiger partial charge is 0.310 e. The lowest BCUT2D eigenvalue weighted by molar-refractivity contribution is 0.364. The molecule has 110 valence electrons. The molecule has 0 aromatic carbocycles. The number of aryl methyl sites for hydroxylation is 2. The fourth-order valence-corrected chi connectivity index (χ4v) is 3.42. The predicted octanol–water partition coefficient (Wildman–Crippen LogP) is 3.88. The van der Waals surface area contributed by atoms with E-state index in [0.717, 1.165) is 36.1 Å². The maximum Gasteiger partial charge on any atom is 0.0767 e. The van der Waals surface area contributed by atoms with Gasteiger partial charge in [0.05, 0.1) is 15.9 Å². The van der Waals surface area contributed by atoms with Crippen LogP contribution < -0.4 is 5.32 Å². The molecule has 0 fully saturated rings. The van der Waals surface area contributed by atoms with Crippen LogP contribution in [0.4, 0.5) is 0 Å². The third kappa shape index (κ3) is 5.44. The molecule has 0 saturated heterocycles. The molecule has 0 spiro atoms. The van der Waals surface area contributed by atoms with Crippen molar-refractivity contribution in [3.63, 3.8) is 0 Å². The van der Waals surface area contributed by atoms with Crippen molar-refractivity contribution in [3.8, 4) is 0 Å². The van der Waals surface area contributed by atoms with Crippen LogP contribution in [-0.2, 0) is 20.0 Å². The molecule has 1 heterocycles. The molecule has 0 aliphatic heterocycles. The van der Waals surface area contributed by atoms with Crippen LogP contribution in [0.15, 0.2) is 4.47 Å². The van der Waals surface area contributed by atoms with Crippen LogP contribution in [0.5, 0.6) is 0 Å². The Morgan fingerprint density at radius 1 is 1.42 bits per heavy atom. The second-order valence-corrected chi connectivity index (χ2v) is 7.59. The third-order valence-electron chi connectivity index (χ3n) is 3.00. The molecule has 0 bridgehead atoms. The molecule has 5 heteroatoms. The fourth-order valence-electron chi connectivity index (χ4n) is 2.10. The number of hydrogen-bond acceptors (Lipinski definition) is 2. The molecular formula is C14H25BrClN3. The molecule has 0 aliphatic carbocycles. The second kappa shape index (κ2) is 7.09. The Bertz CT molecular complexity index is 410. The highest BCUT2D eigenvalue weighted by atomic mass is 79.9. The summed E-state index contributed by atoms with van der Waals surface area (Å²) in [6.45, 7) is 10.4. The lowest BCUT2D eigenvalue weighted by Crippen LogP contribution is -2.27. The van der Waals surface area contributed by atoms with Gasteiger partial charge in [-0.05, 0) is 34.2 Å². The monoisotopic (exact) mass is 349 g/mol. The Balaban J connectivity index is 2.48. The normalized spacial score (nSPS) is 13.8. The molecule has 1 aromatic heterocycles. The van der Waals surface area contributed by atoms with Crippen LogP contribution in [0.3, 0.4) is 0 Å². The van der Waals surface area contributed by atoms with Crippen LogP contribution in [-0.4, -0.2) is 21.7 Å². The van der Waals surface area contributed by atoms with Crippen molar-refractivity contribution in [2.24, 2.45) is 12.5 Å². The molecule has 1 atom stereocenters. The average molecular weight is 351 g/mol. The van der Waals surface area contributed by atoms with E-state index >= 15 is 0 Å². The number of halogens is 2. The Morgan fingerprint density at radius 3 is 2.53 bits per heavy atom. The highest BCUT2D eigenvalue weighted by Gasteiger charge is 2.17. The predicted molar refractivity (Wildman–Crippen MR) is 85.7 cm³/mol. The average Bonchev–Trinajstić information content (AvgIpc) is 2.53. The minimum absolute atomic E-state index is 0.164. The van der Waals surface area contributed by atoms with Crippen molar-refractivity contribution >= 4 is 27.5 Å². The Kier molecular flexibility index (Phi) is 6.34. The number of hydrogen-bond donors (Lipinski definition) is 1. The van der Waals surface area contributed by atoms with Gasteiger partial charge in [0.2, 0.25) is 0 Å². The van der Waals surface area contributed by atoms with Gasteiger partial charge in [-0.2, -0.15) is 5.10 Å². The summed E-state index contributed by atoms with van der Waals surface area (Å²) in [5, 5.41) is 8.07. The van der Waals surface area contributed by atoms with Gasteiger partial charge in [-0.15, -0.1) is 11.6 Å². The summed E-state index contributed by atoms with van der Waals surface area (Å²) < 4.78 is 3.05. The molecular weight excluding hydrogens is 326 g/mol. The standard InChI is InChI=1S/C14H25BrClN3/c1-6-11-13(15)12(19(5)18-11)9-17-8-10(16)7-14(2,3)4/h10,17H,6-9H2,1-5H3. The van der Waals surface area contributed by atoms with Gasteiger partial charge in [-0.25, -0.2) is 0 Å². The Labute approximate surface area is 130 Å². The van der Waals surface area contributed by atoms with E-state index < -0.39 is 0 Å². The first kappa shape index (κ1) is 17.0. The minimum Gasteiger partial charge on any atom is -0.310 e. The van der Waals surface area contributed by atoms with Gasteiger partial charge < -0.3 is 5.32 Å². The van der Waals surface area contributed by atoms with Crippen molar-refractivity contribution in [3.05, 3.63) is 15.9 Å². The first-order chi connectivity index (χ1) is 8.74. The molecule has 0 saturated carbocycles. The van der Waals surface area contributed by atoms with Crippen LogP contribution in [0.1, 0.15) is 45.5 Å². The molecule has 1 aromatic rings. The minimum atomic E-state index is 0.164. The maximum atomic E-state index is 6.35. The van der Waals surface area contributed by atoms with Crippen molar-refractivity contribution in [1.29, 1.82) is 0 Å². The van der Waals surface area contributed by atoms with Crippen molar-refractivity contribution < 1.29 is 0 Å². The van der Waals surface area contributed by atoms with E-state index in [-0.39, 0.29) is 10.8 Å². The van der Waals surface area contributed by atoms with E-state index in [1.165, 1.54) is 5.69 Å². The van der Waals surface area contributed by atoms with Crippen molar-refractivity contribution in [2.45, 2.75) is 52.5 Å². The number of aromatic nitrogens is 2. The third-order valence-corrected chi connectivity index (χ3v) is 4.22. The van der Waals surface area contributed by atoms with Gasteiger partial charge in [0, 0.05) is 25.5 Å². The first-order valence-corrected chi connectivity index (χ1v) is 8.02. The number of alkyl halides is 1. The van der Waals surface area contributed by atoms with Gasteiger partial charge in [-0.3, -0.25) is 4.68 Å². The summed E-state index contributed by atoms with van der Waals surface area (Å²) in [7, 11) is 1.98. The van der Waals surface area contributed by atoms with E-state index in [9.17, 15) is 0 Å². The highest BCUT2D eigenvalue weighted by molar-refractivity contribution is 9.10. The lowest BCUT2D eigenvalue weighted by atomic mass is 9.90. The molecule has 1 N–H and O–H groups in total. The van der Waals surface area contributed by atoms with E-state index in [0.29, 0.717) is 0 Å². The number of rotatable bonds is 6. The zero-order chi connectivity index (χ0) is 14.6. The van der Waals surface area contributed by atoms with Gasteiger partial charge in [0.15, 0.2) is 0 Å². The molecule has 0 radical (unpaired) electrons. The van der Waals surface area contributed by atoms with Crippen LogP contribution in [0.25, 0.3) is 0 Å². The zero-order valence-corrected chi connectivity index (χ0v) is 14.9.